The number of ether oxygens (including phenoxy) is 2. The Morgan fingerprint density at radius 1 is 0.839 bits per heavy atom. The van der Waals surface area contributed by atoms with Crippen LogP contribution in [0.1, 0.15) is 99.8 Å². The third-order valence-corrected chi connectivity index (χ3v) is 5.55. The molecule has 0 aliphatic heterocycles. The number of hydrogen-bond acceptors (Lipinski definition) is 6. The molecular weight excluding hydrogens is 448 g/mol. The van der Waals surface area contributed by atoms with E-state index in [0.29, 0.717) is 12.8 Å². The molecule has 0 aliphatic rings. The second-order valence-electron chi connectivity index (χ2n) is 7.64. The molecule has 9 heteroatoms. The Labute approximate surface area is 216 Å². The predicted octanol–water partition coefficient (Wildman–Crippen LogP) is 4.27. The summed E-state index contributed by atoms with van der Waals surface area (Å²) in [5.41, 5.74) is -0.254. The average Bonchev–Trinajstić information content (AvgIpc) is 2.67. The molecule has 2 unspecified atom stereocenters. The number of unbranched alkanes of at least 4 members (excludes halogenated alkanes) is 4. The quantitative estimate of drug-likeness (QED) is 0.193. The molecule has 174 valence electrons. The summed E-state index contributed by atoms with van der Waals surface area (Å²) in [6, 6.07) is 3.23. The standard InChI is InChI=1S/C22H34O7S.Ca.2H/c1-5-7-9-11-16(3)28-21(23)18-13-19(15-20(14-18)30(25,26)27)22(24)29-17(4)12-10-8-6-2;;;/h13-17H,5-12H2,1-4H3,(H,25,26,27);;;. The van der Waals surface area contributed by atoms with Crippen molar-refractivity contribution in [2.75, 3.05) is 0 Å². The van der Waals surface area contributed by atoms with E-state index < -0.39 is 27.0 Å². The summed E-state index contributed by atoms with van der Waals surface area (Å²) in [4.78, 5) is 24.4. The first-order valence-corrected chi connectivity index (χ1v) is 12.1. The fourth-order valence-electron chi connectivity index (χ4n) is 2.97. The van der Waals surface area contributed by atoms with Gasteiger partial charge in [-0.1, -0.05) is 39.5 Å². The summed E-state index contributed by atoms with van der Waals surface area (Å²) in [7, 11) is -4.62. The van der Waals surface area contributed by atoms with Crippen LogP contribution in [-0.2, 0) is 19.6 Å². The summed E-state index contributed by atoms with van der Waals surface area (Å²) in [6.07, 6.45) is 6.59. The van der Waals surface area contributed by atoms with Gasteiger partial charge in [-0.3, -0.25) is 4.55 Å². The fraction of sp³-hybridized carbons (Fsp3) is 0.636. The normalized spacial score (nSPS) is 13.1. The van der Waals surface area contributed by atoms with E-state index in [4.69, 9.17) is 9.47 Å². The van der Waals surface area contributed by atoms with Crippen LogP contribution in [0.2, 0.25) is 0 Å². The molecule has 2 atom stereocenters. The third kappa shape index (κ3) is 11.7. The Kier molecular flexibility index (Phi) is 14.9. The molecule has 1 N–H and O–H groups in total. The van der Waals surface area contributed by atoms with Gasteiger partial charge in [0.05, 0.1) is 28.2 Å². The SMILES string of the molecule is CCCCCC(C)OC(=O)c1cc(C(=O)OC(C)CCCCC)cc(S(=O)(=O)O)c1.[CaH2]. The zero-order valence-corrected chi connectivity index (χ0v) is 19.2. The summed E-state index contributed by atoms with van der Waals surface area (Å²) in [5.74, 6) is -1.51. The van der Waals surface area contributed by atoms with Gasteiger partial charge in [0.15, 0.2) is 0 Å². The van der Waals surface area contributed by atoms with Gasteiger partial charge in [0, 0.05) is 0 Å². The molecule has 0 heterocycles. The third-order valence-electron chi connectivity index (χ3n) is 4.72. The van der Waals surface area contributed by atoms with Gasteiger partial charge < -0.3 is 9.47 Å². The first-order chi connectivity index (χ1) is 14.1. The fourth-order valence-corrected chi connectivity index (χ4v) is 3.52. The molecule has 0 spiro atoms. The van der Waals surface area contributed by atoms with Crippen molar-refractivity contribution in [3.8, 4) is 0 Å². The van der Waals surface area contributed by atoms with E-state index in [-0.39, 0.29) is 61.1 Å². The average molecular weight is 485 g/mol. The number of hydrogen-bond donors (Lipinski definition) is 1. The molecule has 7 nitrogen and oxygen atoms in total. The summed E-state index contributed by atoms with van der Waals surface area (Å²) in [6.45, 7) is 7.66. The molecule has 0 radical (unpaired) electrons. The molecule has 1 aromatic rings. The second-order valence-corrected chi connectivity index (χ2v) is 9.07. The van der Waals surface area contributed by atoms with Crippen molar-refractivity contribution in [2.24, 2.45) is 0 Å². The van der Waals surface area contributed by atoms with Crippen LogP contribution in [0.5, 0.6) is 0 Å². The van der Waals surface area contributed by atoms with E-state index >= 15 is 0 Å². The predicted molar refractivity (Wildman–Crippen MR) is 123 cm³/mol. The van der Waals surface area contributed by atoms with Crippen molar-refractivity contribution in [1.82, 2.24) is 0 Å². The monoisotopic (exact) mass is 484 g/mol. The Balaban J connectivity index is 0.00000900. The minimum atomic E-state index is -4.62. The first kappa shape index (κ1) is 30.3. The van der Waals surface area contributed by atoms with Crippen LogP contribution in [-0.4, -0.2) is 74.9 Å². The zero-order valence-electron chi connectivity index (χ0n) is 18.3. The van der Waals surface area contributed by atoms with Crippen LogP contribution in [0, 0.1) is 0 Å². The Bertz CT molecular complexity index is 760. The van der Waals surface area contributed by atoms with Crippen LogP contribution >= 0.6 is 0 Å². The van der Waals surface area contributed by atoms with Gasteiger partial charge in [-0.15, -0.1) is 0 Å². The molecule has 0 aliphatic carbocycles. The molecule has 1 aromatic carbocycles. The molecule has 0 aromatic heterocycles. The van der Waals surface area contributed by atoms with Gasteiger partial charge >= 0.3 is 49.7 Å². The first-order valence-electron chi connectivity index (χ1n) is 10.6. The van der Waals surface area contributed by atoms with Crippen LogP contribution in [0.25, 0.3) is 0 Å². The Morgan fingerprint density at radius 2 is 1.23 bits per heavy atom. The van der Waals surface area contributed by atoms with E-state index in [1.165, 1.54) is 6.07 Å². The van der Waals surface area contributed by atoms with Gasteiger partial charge in [-0.2, -0.15) is 8.42 Å². The number of carbonyl (C=O) groups excluding carboxylic acids is 2. The Hall–Kier alpha value is -0.670. The summed E-state index contributed by atoms with van der Waals surface area (Å²) in [5, 5.41) is 0. The molecule has 0 fully saturated rings. The molecule has 0 saturated heterocycles. The van der Waals surface area contributed by atoms with Gasteiger partial charge in [0.2, 0.25) is 0 Å². The van der Waals surface area contributed by atoms with Crippen LogP contribution in [0.3, 0.4) is 0 Å². The van der Waals surface area contributed by atoms with E-state index in [9.17, 15) is 22.6 Å². The van der Waals surface area contributed by atoms with Crippen LogP contribution in [0.4, 0.5) is 0 Å². The molecule has 0 saturated carbocycles. The number of carbonyl (C=O) groups is 2. The second kappa shape index (κ2) is 15.2. The zero-order chi connectivity index (χ0) is 22.7. The van der Waals surface area contributed by atoms with Crippen LogP contribution < -0.4 is 0 Å². The molecule has 31 heavy (non-hydrogen) atoms. The van der Waals surface area contributed by atoms with Gasteiger partial charge in [-0.05, 0) is 57.7 Å². The molecule has 0 amide bonds. The molecular formula is C22H36CaO7S. The van der Waals surface area contributed by atoms with Crippen molar-refractivity contribution in [3.63, 3.8) is 0 Å². The van der Waals surface area contributed by atoms with Crippen molar-refractivity contribution in [2.45, 2.75) is 96.2 Å². The minimum absolute atomic E-state index is 0. The summed E-state index contributed by atoms with van der Waals surface area (Å²) < 4.78 is 43.4. The number of rotatable bonds is 13. The van der Waals surface area contributed by atoms with E-state index in [0.717, 1.165) is 50.7 Å². The van der Waals surface area contributed by atoms with E-state index in [1.54, 1.807) is 13.8 Å². The topological polar surface area (TPSA) is 107 Å². The van der Waals surface area contributed by atoms with Crippen molar-refractivity contribution < 1.29 is 32.0 Å². The van der Waals surface area contributed by atoms with Gasteiger partial charge in [-0.25, -0.2) is 9.59 Å². The van der Waals surface area contributed by atoms with E-state index in [2.05, 4.69) is 13.8 Å². The van der Waals surface area contributed by atoms with Crippen molar-refractivity contribution in [1.29, 1.82) is 0 Å². The van der Waals surface area contributed by atoms with Gasteiger partial charge in [0.25, 0.3) is 10.1 Å². The maximum absolute atomic E-state index is 12.5. The number of benzene rings is 1. The Morgan fingerprint density at radius 3 is 1.55 bits per heavy atom. The van der Waals surface area contributed by atoms with Crippen molar-refractivity contribution >= 4 is 59.8 Å². The summed E-state index contributed by atoms with van der Waals surface area (Å²) >= 11 is 0. The molecule has 0 bridgehead atoms. The maximum atomic E-state index is 12.5. The number of esters is 2. The molecule has 1 rings (SSSR count). The van der Waals surface area contributed by atoms with Gasteiger partial charge in [0.1, 0.15) is 0 Å². The van der Waals surface area contributed by atoms with Crippen LogP contribution in [0.15, 0.2) is 23.1 Å². The van der Waals surface area contributed by atoms with E-state index in [1.807, 2.05) is 0 Å². The van der Waals surface area contributed by atoms with Crippen molar-refractivity contribution in [3.05, 3.63) is 29.3 Å².